The molecule has 8 heteroatoms. The number of hydrogen-bond acceptors (Lipinski definition) is 8. The van der Waals surface area contributed by atoms with Crippen molar-refractivity contribution >= 4 is 33.3 Å². The molecule has 0 aliphatic rings. The molecule has 0 unspecified atom stereocenters. The number of aryl methyl sites for hydroxylation is 1. The number of rotatable bonds is 6. The number of anilines is 2. The van der Waals surface area contributed by atoms with E-state index < -0.39 is 0 Å². The smallest absolute Gasteiger partial charge is 0.240 e. The SMILES string of the molecule is Cc1cc2c(N(CCO)CCO)nc(NN)nc2s1. The molecule has 0 bridgehead atoms. The van der Waals surface area contributed by atoms with Gasteiger partial charge in [-0.05, 0) is 13.0 Å². The number of nitrogen functional groups attached to an aromatic ring is 1. The summed E-state index contributed by atoms with van der Waals surface area (Å²) in [5, 5.41) is 19.2. The molecule has 0 amide bonds. The number of thiophene rings is 1. The summed E-state index contributed by atoms with van der Waals surface area (Å²) in [6.45, 7) is 2.76. The van der Waals surface area contributed by atoms with Crippen LogP contribution in [0.2, 0.25) is 0 Å². The fourth-order valence-corrected chi connectivity index (χ4v) is 2.77. The Morgan fingerprint density at radius 2 is 2.00 bits per heavy atom. The Bertz CT molecular complexity index is 553. The molecule has 5 N–H and O–H groups in total. The summed E-state index contributed by atoms with van der Waals surface area (Å²) in [5.41, 5.74) is 2.44. The van der Waals surface area contributed by atoms with Crippen molar-refractivity contribution in [1.29, 1.82) is 0 Å². The highest BCUT2D eigenvalue weighted by Crippen LogP contribution is 2.31. The van der Waals surface area contributed by atoms with Gasteiger partial charge in [0.2, 0.25) is 5.95 Å². The summed E-state index contributed by atoms with van der Waals surface area (Å²) in [6, 6.07) is 2.00. The van der Waals surface area contributed by atoms with Crippen LogP contribution in [0.4, 0.5) is 11.8 Å². The number of hydrazine groups is 1. The predicted molar refractivity (Wildman–Crippen MR) is 76.3 cm³/mol. The van der Waals surface area contributed by atoms with Gasteiger partial charge in [-0.2, -0.15) is 4.98 Å². The standard InChI is InChI=1S/C11H17N5O2S/c1-7-6-8-9(16(2-4-17)3-5-18)13-11(15-12)14-10(8)19-7/h6,17-18H,2-5,12H2,1H3,(H,13,14,15). The molecule has 0 saturated carbocycles. The Labute approximate surface area is 114 Å². The molecule has 0 aliphatic heterocycles. The zero-order valence-electron chi connectivity index (χ0n) is 10.6. The van der Waals surface area contributed by atoms with Gasteiger partial charge in [0, 0.05) is 18.0 Å². The second-order valence-electron chi connectivity index (χ2n) is 4.03. The number of aliphatic hydroxyl groups excluding tert-OH is 2. The number of nitrogens with one attached hydrogen (secondary N) is 1. The summed E-state index contributed by atoms with van der Waals surface area (Å²) in [6.07, 6.45) is 0. The molecular formula is C11H17N5O2S. The number of aliphatic hydroxyl groups is 2. The van der Waals surface area contributed by atoms with Gasteiger partial charge in [-0.3, -0.25) is 5.43 Å². The second kappa shape index (κ2) is 6.11. The Hall–Kier alpha value is -1.48. The van der Waals surface area contributed by atoms with Crippen LogP contribution in [0, 0.1) is 6.92 Å². The van der Waals surface area contributed by atoms with Gasteiger partial charge in [0.15, 0.2) is 0 Å². The first-order chi connectivity index (χ1) is 9.19. The Morgan fingerprint density at radius 1 is 1.32 bits per heavy atom. The molecule has 0 saturated heterocycles. The Balaban J connectivity index is 2.54. The third-order valence-electron chi connectivity index (χ3n) is 2.66. The van der Waals surface area contributed by atoms with Crippen molar-refractivity contribution in [1.82, 2.24) is 9.97 Å². The van der Waals surface area contributed by atoms with Crippen molar-refractivity contribution in [2.24, 2.45) is 5.84 Å². The van der Waals surface area contributed by atoms with Gasteiger partial charge in [-0.15, -0.1) is 11.3 Å². The van der Waals surface area contributed by atoms with E-state index in [0.717, 1.165) is 15.1 Å². The first-order valence-corrected chi connectivity index (χ1v) is 6.72. The fraction of sp³-hybridized carbons (Fsp3) is 0.455. The normalized spacial score (nSPS) is 10.9. The van der Waals surface area contributed by atoms with Gasteiger partial charge in [-0.1, -0.05) is 0 Å². The Morgan fingerprint density at radius 3 is 2.58 bits per heavy atom. The number of nitrogens with two attached hydrogens (primary N) is 1. The quantitative estimate of drug-likeness (QED) is 0.439. The highest BCUT2D eigenvalue weighted by atomic mass is 32.1. The summed E-state index contributed by atoms with van der Waals surface area (Å²) < 4.78 is 0. The Kier molecular flexibility index (Phi) is 4.48. The third-order valence-corrected chi connectivity index (χ3v) is 3.61. The van der Waals surface area contributed by atoms with Crippen LogP contribution in [0.25, 0.3) is 10.2 Å². The van der Waals surface area contributed by atoms with E-state index in [4.69, 9.17) is 16.1 Å². The zero-order chi connectivity index (χ0) is 13.8. The van der Waals surface area contributed by atoms with Crippen LogP contribution in [-0.4, -0.2) is 46.5 Å². The van der Waals surface area contributed by atoms with E-state index >= 15 is 0 Å². The molecule has 2 heterocycles. The van der Waals surface area contributed by atoms with Gasteiger partial charge in [0.05, 0.1) is 18.6 Å². The maximum absolute atomic E-state index is 9.12. The molecule has 0 fully saturated rings. The van der Waals surface area contributed by atoms with E-state index in [2.05, 4.69) is 15.4 Å². The molecule has 0 aromatic carbocycles. The van der Waals surface area contributed by atoms with E-state index in [0.29, 0.717) is 24.9 Å². The molecule has 2 aromatic heterocycles. The zero-order valence-corrected chi connectivity index (χ0v) is 11.4. The molecule has 104 valence electrons. The van der Waals surface area contributed by atoms with E-state index in [1.54, 1.807) is 11.3 Å². The van der Waals surface area contributed by atoms with Gasteiger partial charge >= 0.3 is 0 Å². The molecule has 2 aromatic rings. The summed E-state index contributed by atoms with van der Waals surface area (Å²) >= 11 is 1.55. The highest BCUT2D eigenvalue weighted by Gasteiger charge is 2.15. The van der Waals surface area contributed by atoms with Crippen molar-refractivity contribution in [3.63, 3.8) is 0 Å². The molecule has 0 atom stereocenters. The van der Waals surface area contributed by atoms with Gasteiger partial charge in [0.25, 0.3) is 0 Å². The van der Waals surface area contributed by atoms with Gasteiger partial charge < -0.3 is 15.1 Å². The maximum atomic E-state index is 9.12. The second-order valence-corrected chi connectivity index (χ2v) is 5.26. The number of hydrogen-bond donors (Lipinski definition) is 4. The van der Waals surface area contributed by atoms with Crippen LogP contribution >= 0.6 is 11.3 Å². The third kappa shape index (κ3) is 2.92. The van der Waals surface area contributed by atoms with Gasteiger partial charge in [-0.25, -0.2) is 10.8 Å². The minimum atomic E-state index is -0.0139. The van der Waals surface area contributed by atoms with Crippen LogP contribution in [-0.2, 0) is 0 Å². The predicted octanol–water partition coefficient (Wildman–Crippen LogP) is 0.0763. The van der Waals surface area contributed by atoms with Crippen LogP contribution in [0.15, 0.2) is 6.07 Å². The first-order valence-electron chi connectivity index (χ1n) is 5.91. The van der Waals surface area contributed by atoms with Gasteiger partial charge in [0.1, 0.15) is 10.6 Å². The lowest BCUT2D eigenvalue weighted by Crippen LogP contribution is -2.31. The van der Waals surface area contributed by atoms with E-state index in [-0.39, 0.29) is 13.2 Å². The van der Waals surface area contributed by atoms with E-state index in [1.165, 1.54) is 0 Å². The van der Waals surface area contributed by atoms with E-state index in [1.807, 2.05) is 17.9 Å². The van der Waals surface area contributed by atoms with E-state index in [9.17, 15) is 0 Å². The van der Waals surface area contributed by atoms with Crippen LogP contribution in [0.1, 0.15) is 4.88 Å². The maximum Gasteiger partial charge on any atom is 0.240 e. The largest absolute Gasteiger partial charge is 0.395 e. The number of aromatic nitrogens is 2. The van der Waals surface area contributed by atoms with Crippen molar-refractivity contribution < 1.29 is 10.2 Å². The fourth-order valence-electron chi connectivity index (χ4n) is 1.90. The number of nitrogens with zero attached hydrogens (tertiary/aromatic N) is 3. The van der Waals surface area contributed by atoms with Crippen molar-refractivity contribution in [2.45, 2.75) is 6.92 Å². The molecule has 0 spiro atoms. The summed E-state index contributed by atoms with van der Waals surface area (Å²) in [5.74, 6) is 6.37. The number of fused-ring (bicyclic) bond motifs is 1. The summed E-state index contributed by atoms with van der Waals surface area (Å²) in [4.78, 5) is 12.4. The minimum Gasteiger partial charge on any atom is -0.395 e. The van der Waals surface area contributed by atoms with Crippen LogP contribution in [0.3, 0.4) is 0 Å². The molecule has 7 nitrogen and oxygen atoms in total. The lowest BCUT2D eigenvalue weighted by Gasteiger charge is -2.22. The minimum absolute atomic E-state index is 0.0139. The highest BCUT2D eigenvalue weighted by molar-refractivity contribution is 7.18. The molecular weight excluding hydrogens is 266 g/mol. The average molecular weight is 283 g/mol. The van der Waals surface area contributed by atoms with Crippen LogP contribution < -0.4 is 16.2 Å². The van der Waals surface area contributed by atoms with Crippen LogP contribution in [0.5, 0.6) is 0 Å². The molecule has 2 rings (SSSR count). The lowest BCUT2D eigenvalue weighted by molar-refractivity contribution is 0.281. The van der Waals surface area contributed by atoms with Crippen molar-refractivity contribution in [2.75, 3.05) is 36.6 Å². The first kappa shape index (κ1) is 13.9. The summed E-state index contributed by atoms with van der Waals surface area (Å²) in [7, 11) is 0. The topological polar surface area (TPSA) is 108 Å². The van der Waals surface area contributed by atoms with Crippen molar-refractivity contribution in [3.05, 3.63) is 10.9 Å². The monoisotopic (exact) mass is 283 g/mol. The molecule has 0 radical (unpaired) electrons. The van der Waals surface area contributed by atoms with Crippen molar-refractivity contribution in [3.8, 4) is 0 Å². The lowest BCUT2D eigenvalue weighted by atomic mass is 10.3. The average Bonchev–Trinajstić information content (AvgIpc) is 2.77. The molecule has 19 heavy (non-hydrogen) atoms. The molecule has 0 aliphatic carbocycles.